The number of carbonyl (C=O) groups excluding carboxylic acids is 6. The van der Waals surface area contributed by atoms with Gasteiger partial charge >= 0.3 is 11.9 Å². The summed E-state index contributed by atoms with van der Waals surface area (Å²) in [7, 11) is 0. The van der Waals surface area contributed by atoms with Gasteiger partial charge in [0.2, 0.25) is 11.8 Å². The predicted octanol–water partition coefficient (Wildman–Crippen LogP) is 1.43. The molecule has 1 rings (SSSR count). The van der Waals surface area contributed by atoms with Gasteiger partial charge in [-0.15, -0.1) is 0 Å². The number of amides is 2. The molecule has 216 valence electrons. The van der Waals surface area contributed by atoms with E-state index in [-0.39, 0.29) is 57.5 Å². The number of aliphatic hydroxyl groups is 1. The molecule has 11 nitrogen and oxygen atoms in total. The predicted molar refractivity (Wildman–Crippen MR) is 141 cm³/mol. The second-order valence-electron chi connectivity index (χ2n) is 10.0. The van der Waals surface area contributed by atoms with E-state index in [1.807, 2.05) is 18.2 Å². The zero-order valence-electron chi connectivity index (χ0n) is 23.1. The lowest BCUT2D eigenvalue weighted by Crippen LogP contribution is -2.43. The molecule has 0 heterocycles. The Bertz CT molecular complexity index is 986. The molecule has 0 unspecified atom stereocenters. The molecule has 11 heteroatoms. The number of hydrogen-bond acceptors (Lipinski definition) is 9. The zero-order chi connectivity index (χ0) is 29.4. The average molecular weight is 549 g/mol. The number of nitrogens with one attached hydrogen (secondary N) is 2. The first-order valence-electron chi connectivity index (χ1n) is 13.0. The minimum atomic E-state index is -1.07. The number of rotatable bonds is 17. The van der Waals surface area contributed by atoms with Crippen LogP contribution in [0.4, 0.5) is 0 Å². The van der Waals surface area contributed by atoms with Crippen LogP contribution in [0, 0.1) is 5.92 Å². The lowest BCUT2D eigenvalue weighted by molar-refractivity contribution is -0.158. The maximum absolute atomic E-state index is 12.8. The molecule has 0 saturated carbocycles. The molecule has 2 amide bonds. The van der Waals surface area contributed by atoms with Crippen molar-refractivity contribution in [3.05, 3.63) is 35.9 Å². The number of ketones is 2. The van der Waals surface area contributed by atoms with Gasteiger partial charge in [0.15, 0.2) is 11.6 Å². The Labute approximate surface area is 229 Å². The summed E-state index contributed by atoms with van der Waals surface area (Å²) < 4.78 is 10.00. The third kappa shape index (κ3) is 14.8. The number of Topliss-reactive ketones (excluding diaryl/α,β-unsaturated/α-hetero) is 2. The molecule has 1 aromatic carbocycles. The van der Waals surface area contributed by atoms with Gasteiger partial charge in [-0.1, -0.05) is 30.3 Å². The summed E-state index contributed by atoms with van der Waals surface area (Å²) in [6.45, 7) is 5.92. The van der Waals surface area contributed by atoms with Crippen LogP contribution in [0.25, 0.3) is 0 Å². The van der Waals surface area contributed by atoms with E-state index in [1.165, 1.54) is 0 Å². The molecule has 0 radical (unpaired) electrons. The number of benzene rings is 1. The van der Waals surface area contributed by atoms with E-state index in [4.69, 9.17) is 9.47 Å². The number of esters is 2. The van der Waals surface area contributed by atoms with Gasteiger partial charge in [0.1, 0.15) is 5.60 Å². The fourth-order valence-electron chi connectivity index (χ4n) is 3.49. The Hall–Kier alpha value is -3.60. The number of ether oxygens (including phenoxy) is 2. The number of hydrogen-bond donors (Lipinski definition) is 3. The van der Waals surface area contributed by atoms with E-state index < -0.39 is 53.7 Å². The normalized spacial score (nSPS) is 12.5. The van der Waals surface area contributed by atoms with E-state index >= 15 is 0 Å². The number of aliphatic hydroxyl groups excluding tert-OH is 1. The van der Waals surface area contributed by atoms with Gasteiger partial charge in [-0.25, -0.2) is 0 Å². The SMILES string of the molecule is CCOC(=O)CCC(=O)[C@H](Cc1ccccc1)NC(=O)CCC(=O)CNC(=O)[C@H](CO)CC(=O)OC(C)(C)C. The van der Waals surface area contributed by atoms with Crippen molar-refractivity contribution in [3.8, 4) is 0 Å². The van der Waals surface area contributed by atoms with Gasteiger partial charge in [0.05, 0.1) is 44.6 Å². The van der Waals surface area contributed by atoms with Gasteiger partial charge in [-0.2, -0.15) is 0 Å². The highest BCUT2D eigenvalue weighted by Crippen LogP contribution is 2.12. The lowest BCUT2D eigenvalue weighted by atomic mass is 9.99. The monoisotopic (exact) mass is 548 g/mol. The second kappa shape index (κ2) is 17.1. The topological polar surface area (TPSA) is 165 Å². The average Bonchev–Trinajstić information content (AvgIpc) is 2.87. The van der Waals surface area contributed by atoms with Crippen LogP contribution in [-0.2, 0) is 44.7 Å². The highest BCUT2D eigenvalue weighted by molar-refractivity contribution is 5.93. The maximum atomic E-state index is 12.8. The van der Waals surface area contributed by atoms with Gasteiger partial charge in [-0.3, -0.25) is 28.8 Å². The Morgan fingerprint density at radius 2 is 1.59 bits per heavy atom. The molecule has 0 fully saturated rings. The molecule has 3 N–H and O–H groups in total. The summed E-state index contributed by atoms with van der Waals surface area (Å²) in [4.78, 5) is 73.4. The smallest absolute Gasteiger partial charge is 0.307 e. The van der Waals surface area contributed by atoms with E-state index in [0.717, 1.165) is 5.56 Å². The first-order valence-corrected chi connectivity index (χ1v) is 13.0. The summed E-state index contributed by atoms with van der Waals surface area (Å²) in [5, 5.41) is 14.5. The third-order valence-electron chi connectivity index (χ3n) is 5.40. The van der Waals surface area contributed by atoms with Crippen molar-refractivity contribution < 1.29 is 43.3 Å². The molecule has 0 bridgehead atoms. The van der Waals surface area contributed by atoms with Crippen LogP contribution >= 0.6 is 0 Å². The number of carbonyl (C=O) groups is 6. The quantitative estimate of drug-likeness (QED) is 0.244. The van der Waals surface area contributed by atoms with Gasteiger partial charge in [0, 0.05) is 19.3 Å². The summed E-state index contributed by atoms with van der Waals surface area (Å²) in [6, 6.07) is 8.17. The van der Waals surface area contributed by atoms with Crippen molar-refractivity contribution in [2.24, 2.45) is 5.92 Å². The van der Waals surface area contributed by atoms with Crippen LogP contribution in [0.1, 0.15) is 65.4 Å². The molecule has 0 spiro atoms. The molecule has 0 saturated heterocycles. The molecular weight excluding hydrogens is 508 g/mol. The Morgan fingerprint density at radius 3 is 2.18 bits per heavy atom. The fraction of sp³-hybridized carbons (Fsp3) is 0.571. The van der Waals surface area contributed by atoms with Crippen molar-refractivity contribution >= 4 is 35.3 Å². The molecule has 1 aromatic rings. The van der Waals surface area contributed by atoms with Crippen molar-refractivity contribution in [3.63, 3.8) is 0 Å². The van der Waals surface area contributed by atoms with Crippen LogP contribution in [0.15, 0.2) is 30.3 Å². The Kier molecular flexibility index (Phi) is 14.6. The molecule has 0 aromatic heterocycles. The molecule has 0 aliphatic heterocycles. The van der Waals surface area contributed by atoms with Crippen LogP contribution in [0.5, 0.6) is 0 Å². The van der Waals surface area contributed by atoms with Gasteiger partial charge in [-0.05, 0) is 39.7 Å². The van der Waals surface area contributed by atoms with Crippen LogP contribution in [-0.4, -0.2) is 71.8 Å². The molecular formula is C28H40N2O9. The fourth-order valence-corrected chi connectivity index (χ4v) is 3.49. The van der Waals surface area contributed by atoms with Crippen LogP contribution in [0.2, 0.25) is 0 Å². The second-order valence-corrected chi connectivity index (χ2v) is 10.0. The Balaban J connectivity index is 2.59. The van der Waals surface area contributed by atoms with Crippen molar-refractivity contribution in [1.82, 2.24) is 10.6 Å². The van der Waals surface area contributed by atoms with Crippen molar-refractivity contribution in [1.29, 1.82) is 0 Å². The highest BCUT2D eigenvalue weighted by Gasteiger charge is 2.26. The molecule has 39 heavy (non-hydrogen) atoms. The summed E-state index contributed by atoms with van der Waals surface area (Å²) in [5.41, 5.74) is 0.0753. The van der Waals surface area contributed by atoms with Crippen LogP contribution in [0.3, 0.4) is 0 Å². The standard InChI is InChI=1S/C28H40N2O9/c1-5-38-25(35)14-12-23(33)22(15-19-9-7-6-8-10-19)30-24(34)13-11-21(32)17-29-27(37)20(18-31)16-26(36)39-28(2,3)4/h6-10,20,22,31H,5,11-18H2,1-4H3,(H,29,37)(H,30,34)/t20-,22-/m0/s1. The Morgan fingerprint density at radius 1 is 0.923 bits per heavy atom. The minimum Gasteiger partial charge on any atom is -0.466 e. The lowest BCUT2D eigenvalue weighted by Gasteiger charge is -2.21. The maximum Gasteiger partial charge on any atom is 0.307 e. The van der Waals surface area contributed by atoms with Crippen molar-refractivity contribution in [2.45, 2.75) is 77.9 Å². The summed E-state index contributed by atoms with van der Waals surface area (Å²) in [5.74, 6) is -4.22. The highest BCUT2D eigenvalue weighted by atomic mass is 16.6. The first kappa shape index (κ1) is 33.4. The van der Waals surface area contributed by atoms with Gasteiger partial charge < -0.3 is 25.2 Å². The largest absolute Gasteiger partial charge is 0.466 e. The molecule has 0 aliphatic carbocycles. The zero-order valence-corrected chi connectivity index (χ0v) is 23.1. The third-order valence-corrected chi connectivity index (χ3v) is 5.40. The van der Waals surface area contributed by atoms with Crippen molar-refractivity contribution in [2.75, 3.05) is 19.8 Å². The van der Waals surface area contributed by atoms with E-state index in [0.29, 0.717) is 0 Å². The summed E-state index contributed by atoms with van der Waals surface area (Å²) >= 11 is 0. The minimum absolute atomic E-state index is 0.100. The molecule has 2 atom stereocenters. The molecule has 0 aliphatic rings. The first-order chi connectivity index (χ1) is 18.3. The summed E-state index contributed by atoms with van der Waals surface area (Å²) in [6.07, 6.45) is -0.739. The van der Waals surface area contributed by atoms with E-state index in [1.54, 1.807) is 39.8 Å². The van der Waals surface area contributed by atoms with Crippen LogP contribution < -0.4 is 10.6 Å². The van der Waals surface area contributed by atoms with E-state index in [2.05, 4.69) is 10.6 Å². The van der Waals surface area contributed by atoms with E-state index in [9.17, 15) is 33.9 Å². The van der Waals surface area contributed by atoms with Gasteiger partial charge in [0.25, 0.3) is 0 Å².